The maximum atomic E-state index is 13.2. The van der Waals surface area contributed by atoms with E-state index in [1.165, 1.54) is 11.0 Å². The van der Waals surface area contributed by atoms with E-state index in [1.807, 2.05) is 0 Å². The normalized spacial score (nSPS) is 32.2. The van der Waals surface area contributed by atoms with Crippen LogP contribution in [0.2, 0.25) is 0 Å². The molecule has 4 atom stereocenters. The molecule has 2 saturated heterocycles. The van der Waals surface area contributed by atoms with Gasteiger partial charge in [-0.25, -0.2) is 4.79 Å². The van der Waals surface area contributed by atoms with Crippen LogP contribution in [0.25, 0.3) is 0 Å². The van der Waals surface area contributed by atoms with Gasteiger partial charge in [0.15, 0.2) is 11.5 Å². The second kappa shape index (κ2) is 8.39. The highest BCUT2D eigenvalue weighted by Crippen LogP contribution is 2.64. The van der Waals surface area contributed by atoms with Crippen molar-refractivity contribution in [1.29, 1.82) is 0 Å². The monoisotopic (exact) mass is 574 g/mol. The second-order valence-electron chi connectivity index (χ2n) is 12.5. The van der Waals surface area contributed by atoms with Crippen LogP contribution in [-0.4, -0.2) is 84.5 Å². The second-order valence-corrected chi connectivity index (χ2v) is 14.0. The maximum Gasteiger partial charge on any atom is 0.534 e. The summed E-state index contributed by atoms with van der Waals surface area (Å²) in [7, 11) is -5.95. The number of carbonyl (C=O) groups excluding carboxylic acids is 1. The van der Waals surface area contributed by atoms with Gasteiger partial charge in [0.2, 0.25) is 0 Å². The van der Waals surface area contributed by atoms with Crippen molar-refractivity contribution in [2.75, 3.05) is 26.2 Å². The van der Waals surface area contributed by atoms with Crippen molar-refractivity contribution in [3.05, 3.63) is 23.3 Å². The molecule has 5 aliphatic rings. The van der Waals surface area contributed by atoms with Crippen LogP contribution in [0, 0.1) is 5.92 Å². The summed E-state index contributed by atoms with van der Waals surface area (Å²) in [6.07, 6.45) is 1.93. The van der Waals surface area contributed by atoms with E-state index in [4.69, 9.17) is 9.47 Å². The van der Waals surface area contributed by atoms with E-state index in [0.717, 1.165) is 24.9 Å². The average Bonchev–Trinajstić information content (AvgIpc) is 3.57. The Hall–Kier alpha value is -2.25. The van der Waals surface area contributed by atoms with Gasteiger partial charge in [-0.15, -0.1) is 0 Å². The molecular weight excluding hydrogens is 541 g/mol. The zero-order valence-corrected chi connectivity index (χ0v) is 22.9. The first-order valence-corrected chi connectivity index (χ1v) is 14.7. The van der Waals surface area contributed by atoms with Gasteiger partial charge < -0.3 is 23.7 Å². The molecule has 39 heavy (non-hydrogen) atoms. The number of hydrogen-bond acceptors (Lipinski definition) is 8. The highest BCUT2D eigenvalue weighted by atomic mass is 32.2. The maximum absolute atomic E-state index is 13.2. The molecule has 2 aliphatic carbocycles. The summed E-state index contributed by atoms with van der Waals surface area (Å²) in [5.74, 6) is -0.106. The minimum Gasteiger partial charge on any atom is -0.483 e. The van der Waals surface area contributed by atoms with E-state index in [0.29, 0.717) is 30.9 Å². The zero-order valence-electron chi connectivity index (χ0n) is 22.1. The molecule has 1 N–H and O–H groups in total. The van der Waals surface area contributed by atoms with Crippen molar-refractivity contribution in [3.63, 3.8) is 0 Å². The van der Waals surface area contributed by atoms with E-state index in [2.05, 4.69) is 9.08 Å². The number of rotatable bonds is 4. The lowest BCUT2D eigenvalue weighted by Crippen LogP contribution is -2.74. The van der Waals surface area contributed by atoms with Crippen LogP contribution in [-0.2, 0) is 26.7 Å². The van der Waals surface area contributed by atoms with Crippen LogP contribution in [0.3, 0.4) is 0 Å². The van der Waals surface area contributed by atoms with Crippen LogP contribution < -0.4 is 8.92 Å². The van der Waals surface area contributed by atoms with Gasteiger partial charge in [-0.1, -0.05) is 6.07 Å². The molecule has 9 nitrogen and oxygen atoms in total. The molecule has 3 aliphatic heterocycles. The standard InChI is InChI=1S/C26H33F3N2O7S/c1-23(2,3)37-22(32)31-11-9-25(33)18-12-16-6-7-17(38-39(34,35)26(27,28)29)21-20(16)24(25,19(14-31)36-21)8-10-30(18)13-15-4-5-15/h6-7,15,18-19,33H,4-5,8-14H2,1-3H3/t18-,19+,24-,25-/m1/s1. The number of benzene rings is 1. The molecule has 2 bridgehead atoms. The Labute approximate surface area is 225 Å². The minimum atomic E-state index is -5.95. The number of carbonyl (C=O) groups is 1. The van der Waals surface area contributed by atoms with Crippen molar-refractivity contribution >= 4 is 16.2 Å². The first-order chi connectivity index (χ1) is 18.1. The first kappa shape index (κ1) is 26.9. The van der Waals surface area contributed by atoms with Crippen molar-refractivity contribution < 1.29 is 45.1 Å². The molecule has 0 aromatic heterocycles. The van der Waals surface area contributed by atoms with Crippen molar-refractivity contribution in [3.8, 4) is 11.5 Å². The Bertz CT molecular complexity index is 1310. The van der Waals surface area contributed by atoms with Crippen LogP contribution >= 0.6 is 0 Å². The third kappa shape index (κ3) is 4.09. The zero-order chi connectivity index (χ0) is 28.2. The Morgan fingerprint density at radius 1 is 1.18 bits per heavy atom. The van der Waals surface area contributed by atoms with Gasteiger partial charge in [-0.3, -0.25) is 4.90 Å². The topological polar surface area (TPSA) is 106 Å². The van der Waals surface area contributed by atoms with Crippen molar-refractivity contribution in [2.45, 2.75) is 87.1 Å². The predicted molar refractivity (Wildman–Crippen MR) is 132 cm³/mol. The molecule has 0 unspecified atom stereocenters. The SMILES string of the molecule is CC(C)(C)OC(=O)N1CC[C@@]2(O)[C@H]3Cc4ccc(OS(=O)(=O)C(F)(F)F)c5c4[C@@]2(CCN3CC2CC2)[C@H](C1)O5. The Morgan fingerprint density at radius 2 is 1.90 bits per heavy atom. The minimum absolute atomic E-state index is 0.0200. The van der Waals surface area contributed by atoms with Crippen LogP contribution in [0.4, 0.5) is 18.0 Å². The molecule has 1 aromatic carbocycles. The molecule has 216 valence electrons. The predicted octanol–water partition coefficient (Wildman–Crippen LogP) is 3.33. The fourth-order valence-electron chi connectivity index (χ4n) is 7.12. The van der Waals surface area contributed by atoms with E-state index < -0.39 is 50.2 Å². The van der Waals surface area contributed by atoms with Crippen LogP contribution in [0.1, 0.15) is 57.6 Å². The summed E-state index contributed by atoms with van der Waals surface area (Å²) in [6, 6.07) is 2.48. The molecule has 1 spiro atoms. The van der Waals surface area contributed by atoms with Gasteiger partial charge in [0.05, 0.1) is 17.6 Å². The largest absolute Gasteiger partial charge is 0.534 e. The molecular formula is C26H33F3N2O7S. The summed E-state index contributed by atoms with van der Waals surface area (Å²) < 4.78 is 79.9. The fraction of sp³-hybridized carbons (Fsp3) is 0.731. The smallest absolute Gasteiger partial charge is 0.483 e. The number of nitrogens with zero attached hydrogens (tertiary/aromatic N) is 2. The van der Waals surface area contributed by atoms with Crippen LogP contribution in [0.15, 0.2) is 12.1 Å². The van der Waals surface area contributed by atoms with E-state index >= 15 is 0 Å². The lowest BCUT2D eigenvalue weighted by molar-refractivity contribution is -0.162. The van der Waals surface area contributed by atoms with Gasteiger partial charge in [-0.05, 0) is 77.0 Å². The third-order valence-corrected chi connectivity index (χ3v) is 9.87. The highest BCUT2D eigenvalue weighted by Gasteiger charge is 2.71. The van der Waals surface area contributed by atoms with Gasteiger partial charge >= 0.3 is 21.7 Å². The molecule has 13 heteroatoms. The summed E-state index contributed by atoms with van der Waals surface area (Å²) in [4.78, 5) is 16.9. The van der Waals surface area contributed by atoms with Crippen LogP contribution in [0.5, 0.6) is 11.5 Å². The number of piperidine rings is 1. The molecule has 3 heterocycles. The number of ether oxygens (including phenoxy) is 2. The molecule has 3 fully saturated rings. The molecule has 1 amide bonds. The summed E-state index contributed by atoms with van der Waals surface area (Å²) in [5.41, 5.74) is -7.53. The average molecular weight is 575 g/mol. The van der Waals surface area contributed by atoms with E-state index in [9.17, 15) is 31.5 Å². The van der Waals surface area contributed by atoms with Crippen molar-refractivity contribution in [1.82, 2.24) is 9.80 Å². The van der Waals surface area contributed by atoms with Gasteiger partial charge in [0, 0.05) is 24.7 Å². The lowest BCUT2D eigenvalue weighted by Gasteiger charge is -2.60. The van der Waals surface area contributed by atoms with Crippen molar-refractivity contribution in [2.24, 2.45) is 5.92 Å². The summed E-state index contributed by atoms with van der Waals surface area (Å²) in [5, 5.41) is 12.6. The van der Waals surface area contributed by atoms with E-state index in [1.54, 1.807) is 26.8 Å². The Kier molecular flexibility index (Phi) is 5.79. The van der Waals surface area contributed by atoms with Gasteiger partial charge in [0.1, 0.15) is 11.7 Å². The molecule has 1 saturated carbocycles. The molecule has 0 radical (unpaired) electrons. The number of alkyl halides is 3. The fourth-order valence-corrected chi connectivity index (χ4v) is 7.58. The Morgan fingerprint density at radius 3 is 2.54 bits per heavy atom. The highest BCUT2D eigenvalue weighted by molar-refractivity contribution is 7.88. The third-order valence-electron chi connectivity index (χ3n) is 8.91. The number of halogens is 3. The summed E-state index contributed by atoms with van der Waals surface area (Å²) in [6.45, 7) is 6.96. The summed E-state index contributed by atoms with van der Waals surface area (Å²) >= 11 is 0. The number of aliphatic hydroxyl groups is 1. The number of hydrogen-bond donors (Lipinski definition) is 1. The number of amides is 1. The lowest BCUT2D eigenvalue weighted by atomic mass is 9.52. The van der Waals surface area contributed by atoms with E-state index in [-0.39, 0.29) is 31.3 Å². The first-order valence-electron chi connectivity index (χ1n) is 13.3. The molecule has 1 aromatic rings. The molecule has 6 rings (SSSR count). The van der Waals surface area contributed by atoms with Gasteiger partial charge in [0.25, 0.3) is 0 Å². The van der Waals surface area contributed by atoms with Gasteiger partial charge in [-0.2, -0.15) is 21.6 Å². The Balaban J connectivity index is 1.46. The number of likely N-dealkylation sites (tertiary alicyclic amines) is 2. The quantitative estimate of drug-likeness (QED) is 0.432.